The van der Waals surface area contributed by atoms with Crippen LogP contribution in [0.2, 0.25) is 0 Å². The van der Waals surface area contributed by atoms with Crippen molar-refractivity contribution >= 4 is 5.91 Å². The molecule has 3 N–H and O–H groups in total. The molecule has 2 bridgehead atoms. The zero-order valence-corrected chi connectivity index (χ0v) is 24.3. The van der Waals surface area contributed by atoms with Crippen molar-refractivity contribution in [3.63, 3.8) is 0 Å². The number of aliphatic hydroxyl groups excluding tert-OH is 2. The summed E-state index contributed by atoms with van der Waals surface area (Å²) in [6, 6.07) is -0.155. The van der Waals surface area contributed by atoms with Gasteiger partial charge in [0.1, 0.15) is 6.10 Å². The van der Waals surface area contributed by atoms with Gasteiger partial charge in [-0.1, -0.05) is 20.8 Å². The van der Waals surface area contributed by atoms with Gasteiger partial charge >= 0.3 is 0 Å². The number of fused-ring (bicyclic) bond motifs is 2. The largest absolute Gasteiger partial charge is 0.392 e. The molecular formula is C28H53N3O6. The van der Waals surface area contributed by atoms with Crippen LogP contribution in [0.5, 0.6) is 0 Å². The minimum absolute atomic E-state index is 0.0502. The number of hydrogen-bond acceptors (Lipinski definition) is 8. The fourth-order valence-electron chi connectivity index (χ4n) is 7.05. The Balaban J connectivity index is 1.92. The zero-order chi connectivity index (χ0) is 27.7. The number of nitrogens with zero attached hydrogens (tertiary/aromatic N) is 3. The predicted molar refractivity (Wildman–Crippen MR) is 143 cm³/mol. The molecule has 3 fully saturated rings. The maximum atomic E-state index is 13.5. The molecule has 11 atom stereocenters. The molecule has 0 aliphatic carbocycles. The number of amides is 1. The van der Waals surface area contributed by atoms with Gasteiger partial charge in [-0.25, -0.2) is 0 Å². The number of likely N-dealkylation sites (N-methyl/N-ethyl adjacent to an activating group) is 1. The Morgan fingerprint density at radius 3 is 2.41 bits per heavy atom. The Hall–Kier alpha value is -0.810. The highest BCUT2D eigenvalue weighted by Gasteiger charge is 2.48. The number of carbonyl (C=O) groups excluding carboxylic acids is 1. The molecule has 9 nitrogen and oxygen atoms in total. The molecule has 1 amide bonds. The lowest BCUT2D eigenvalue weighted by molar-refractivity contribution is -0.299. The number of ether oxygens (including phenoxy) is 2. The van der Waals surface area contributed by atoms with Crippen LogP contribution in [-0.2, 0) is 14.3 Å². The summed E-state index contributed by atoms with van der Waals surface area (Å²) in [5, 5.41) is 34.4. The van der Waals surface area contributed by atoms with Crippen molar-refractivity contribution in [2.24, 2.45) is 23.7 Å². The van der Waals surface area contributed by atoms with Crippen LogP contribution in [0, 0.1) is 23.7 Å². The summed E-state index contributed by atoms with van der Waals surface area (Å²) in [6.45, 7) is 12.6. The van der Waals surface area contributed by atoms with Crippen LogP contribution in [0.15, 0.2) is 0 Å². The summed E-state index contributed by atoms with van der Waals surface area (Å²) in [4.78, 5) is 19.6. The quantitative estimate of drug-likeness (QED) is 0.506. The summed E-state index contributed by atoms with van der Waals surface area (Å²) in [5.41, 5.74) is -1.32. The molecule has 3 aliphatic heterocycles. The van der Waals surface area contributed by atoms with Crippen molar-refractivity contribution in [2.75, 3.05) is 47.3 Å². The Bertz CT molecular complexity index is 751. The first-order valence-electron chi connectivity index (χ1n) is 14.2. The molecule has 3 heterocycles. The van der Waals surface area contributed by atoms with Gasteiger partial charge in [0, 0.05) is 38.1 Å². The van der Waals surface area contributed by atoms with E-state index in [0.29, 0.717) is 31.8 Å². The normalized spacial score (nSPS) is 45.6. The standard InChI is InChI=1S/C28H53N3O6/c1-17-13-28(5,35)25(37-27-24(33)22(29(6)7)12-18(2)36-27)19(3)23(32)20(4)26(34)31-11-9-10-21(16-31)15-30(8)14-17/h17-25,27,32-33,35H,9-16H2,1-8H3/t17-,18-,19+,20?,21?,22+,23+,24-,25-,27+,28-/m1/s1. The van der Waals surface area contributed by atoms with Gasteiger partial charge in [-0.15, -0.1) is 0 Å². The van der Waals surface area contributed by atoms with E-state index in [4.69, 9.17) is 9.47 Å². The van der Waals surface area contributed by atoms with Crippen molar-refractivity contribution in [3.8, 4) is 0 Å². The van der Waals surface area contributed by atoms with Gasteiger partial charge in [-0.2, -0.15) is 0 Å². The summed E-state index contributed by atoms with van der Waals surface area (Å²) in [6.07, 6.45) is -0.680. The molecule has 3 saturated heterocycles. The second-order valence-corrected chi connectivity index (χ2v) is 12.9. The molecule has 37 heavy (non-hydrogen) atoms. The van der Waals surface area contributed by atoms with Gasteiger partial charge in [-0.05, 0) is 72.5 Å². The maximum absolute atomic E-state index is 13.5. The first kappa shape index (κ1) is 30.7. The van der Waals surface area contributed by atoms with Gasteiger partial charge in [-0.3, -0.25) is 4.79 Å². The SMILES string of the molecule is CC1C(=O)N2CCCC(CN(C)C[C@H](C)C[C@@](C)(O)[C@H](O[C@@H]3O[C@H](C)C[C@H](N(C)C)[C@H]3O)[C@@H](C)[C@@H]1O)C2. The second-order valence-electron chi connectivity index (χ2n) is 12.9. The Morgan fingerprint density at radius 1 is 1.08 bits per heavy atom. The lowest BCUT2D eigenvalue weighted by Gasteiger charge is -2.47. The van der Waals surface area contributed by atoms with Crippen molar-refractivity contribution in [3.05, 3.63) is 0 Å². The van der Waals surface area contributed by atoms with E-state index in [-0.39, 0.29) is 24.0 Å². The van der Waals surface area contributed by atoms with E-state index in [1.807, 2.05) is 37.7 Å². The van der Waals surface area contributed by atoms with Gasteiger partial charge in [0.2, 0.25) is 5.91 Å². The van der Waals surface area contributed by atoms with Gasteiger partial charge < -0.3 is 39.5 Å². The van der Waals surface area contributed by atoms with Gasteiger partial charge in [0.05, 0.1) is 29.8 Å². The number of aliphatic hydroxyl groups is 3. The van der Waals surface area contributed by atoms with Crippen molar-refractivity contribution in [1.29, 1.82) is 0 Å². The van der Waals surface area contributed by atoms with E-state index in [1.54, 1.807) is 13.8 Å². The van der Waals surface area contributed by atoms with E-state index >= 15 is 0 Å². The average Bonchev–Trinajstić information content (AvgIpc) is 2.81. The average molecular weight is 528 g/mol. The van der Waals surface area contributed by atoms with Crippen LogP contribution in [0.25, 0.3) is 0 Å². The highest BCUT2D eigenvalue weighted by atomic mass is 16.7. The van der Waals surface area contributed by atoms with E-state index in [2.05, 4.69) is 18.9 Å². The Labute approximate surface area is 224 Å². The third-order valence-electron chi connectivity index (χ3n) is 8.87. The molecule has 216 valence electrons. The van der Waals surface area contributed by atoms with Crippen LogP contribution >= 0.6 is 0 Å². The number of piperidine rings is 1. The van der Waals surface area contributed by atoms with E-state index in [9.17, 15) is 20.1 Å². The molecule has 2 unspecified atom stereocenters. The molecule has 3 rings (SSSR count). The maximum Gasteiger partial charge on any atom is 0.228 e. The van der Waals surface area contributed by atoms with Crippen LogP contribution < -0.4 is 0 Å². The minimum atomic E-state index is -1.32. The highest BCUT2D eigenvalue weighted by Crippen LogP contribution is 2.36. The molecule has 0 spiro atoms. The molecule has 0 radical (unpaired) electrons. The molecular weight excluding hydrogens is 474 g/mol. The lowest BCUT2D eigenvalue weighted by atomic mass is 9.77. The van der Waals surface area contributed by atoms with Crippen LogP contribution in [0.1, 0.15) is 60.3 Å². The predicted octanol–water partition coefficient (Wildman–Crippen LogP) is 1.39. The summed E-state index contributed by atoms with van der Waals surface area (Å²) in [7, 11) is 5.95. The first-order chi connectivity index (χ1) is 17.2. The molecule has 0 aromatic carbocycles. The monoisotopic (exact) mass is 527 g/mol. The van der Waals surface area contributed by atoms with Crippen molar-refractivity contribution in [2.45, 2.75) is 103 Å². The third-order valence-corrected chi connectivity index (χ3v) is 8.87. The second kappa shape index (κ2) is 12.6. The number of hydrogen-bond donors (Lipinski definition) is 3. The number of rotatable bonds is 3. The molecule has 0 aromatic heterocycles. The highest BCUT2D eigenvalue weighted by molar-refractivity contribution is 5.79. The fraction of sp³-hybridized carbons (Fsp3) is 0.964. The lowest BCUT2D eigenvalue weighted by Crippen LogP contribution is -2.59. The van der Waals surface area contributed by atoms with Gasteiger partial charge in [0.15, 0.2) is 6.29 Å². The van der Waals surface area contributed by atoms with Crippen molar-refractivity contribution in [1.82, 2.24) is 14.7 Å². The van der Waals surface area contributed by atoms with Crippen molar-refractivity contribution < 1.29 is 29.6 Å². The molecule has 3 aliphatic rings. The zero-order valence-electron chi connectivity index (χ0n) is 24.3. The van der Waals surface area contributed by atoms with E-state index < -0.39 is 42.0 Å². The molecule has 9 heteroatoms. The third kappa shape index (κ3) is 7.44. The van der Waals surface area contributed by atoms with Crippen LogP contribution in [0.4, 0.5) is 0 Å². The Morgan fingerprint density at radius 2 is 1.76 bits per heavy atom. The fourth-order valence-corrected chi connectivity index (χ4v) is 7.05. The summed E-state index contributed by atoms with van der Waals surface area (Å²) in [5.74, 6) is -0.686. The van der Waals surface area contributed by atoms with Gasteiger partial charge in [0.25, 0.3) is 0 Å². The molecule has 0 aromatic rings. The van der Waals surface area contributed by atoms with Crippen LogP contribution in [0.3, 0.4) is 0 Å². The van der Waals surface area contributed by atoms with Crippen LogP contribution in [-0.4, -0.2) is 126 Å². The summed E-state index contributed by atoms with van der Waals surface area (Å²) < 4.78 is 12.5. The van der Waals surface area contributed by atoms with E-state index in [1.165, 1.54) is 0 Å². The smallest absolute Gasteiger partial charge is 0.228 e. The Kier molecular flexibility index (Phi) is 10.4. The first-order valence-corrected chi connectivity index (χ1v) is 14.2. The minimum Gasteiger partial charge on any atom is -0.392 e. The molecule has 0 saturated carbocycles. The number of carbonyl (C=O) groups is 1. The summed E-state index contributed by atoms with van der Waals surface area (Å²) >= 11 is 0. The topological polar surface area (TPSA) is 106 Å². The van der Waals surface area contributed by atoms with E-state index in [0.717, 1.165) is 25.9 Å².